The SMILES string of the molecule is O=C([C@H]1Cc2ccccc2CN1S(=O)(=O)c1ccccc1[N+](=O)[O-])N1CCOCC1. The fraction of sp³-hybridized carbons (Fsp3) is 0.350. The van der Waals surface area contributed by atoms with Crippen molar-refractivity contribution in [3.8, 4) is 0 Å². The minimum absolute atomic E-state index is 0.0225. The Labute approximate surface area is 174 Å². The van der Waals surface area contributed by atoms with Gasteiger partial charge in [0.2, 0.25) is 5.91 Å². The molecule has 0 spiro atoms. The zero-order valence-electron chi connectivity index (χ0n) is 16.1. The lowest BCUT2D eigenvalue weighted by atomic mass is 9.95. The number of amides is 1. The fourth-order valence-electron chi connectivity index (χ4n) is 3.91. The van der Waals surface area contributed by atoms with Gasteiger partial charge in [0.1, 0.15) is 6.04 Å². The van der Waals surface area contributed by atoms with Gasteiger partial charge in [-0.3, -0.25) is 14.9 Å². The quantitative estimate of drug-likeness (QED) is 0.537. The standard InChI is InChI=1S/C20H21N3O6S/c24-20(21-9-11-29-12-10-21)18-13-15-5-1-2-6-16(15)14-22(18)30(27,28)19-8-4-3-7-17(19)23(25)26/h1-8,18H,9-14H2/t18-/m1/s1. The van der Waals surface area contributed by atoms with Gasteiger partial charge in [0.05, 0.1) is 18.1 Å². The summed E-state index contributed by atoms with van der Waals surface area (Å²) in [7, 11) is -4.30. The highest BCUT2D eigenvalue weighted by atomic mass is 32.2. The van der Waals surface area contributed by atoms with Crippen molar-refractivity contribution in [3.05, 3.63) is 69.8 Å². The van der Waals surface area contributed by atoms with Crippen molar-refractivity contribution in [2.45, 2.75) is 23.9 Å². The molecule has 1 atom stereocenters. The summed E-state index contributed by atoms with van der Waals surface area (Å²) in [6.45, 7) is 1.54. The summed E-state index contributed by atoms with van der Waals surface area (Å²) in [5, 5.41) is 11.4. The molecule has 2 aliphatic heterocycles. The Bertz CT molecular complexity index is 1080. The Balaban J connectivity index is 1.78. The van der Waals surface area contributed by atoms with Crippen molar-refractivity contribution in [1.29, 1.82) is 0 Å². The zero-order valence-corrected chi connectivity index (χ0v) is 17.0. The van der Waals surface area contributed by atoms with Crippen molar-refractivity contribution in [3.63, 3.8) is 0 Å². The predicted molar refractivity (Wildman–Crippen MR) is 107 cm³/mol. The van der Waals surface area contributed by atoms with Gasteiger partial charge in [-0.1, -0.05) is 36.4 Å². The van der Waals surface area contributed by atoms with Gasteiger partial charge in [-0.05, 0) is 23.6 Å². The van der Waals surface area contributed by atoms with Crippen LogP contribution in [0.15, 0.2) is 53.4 Å². The third-order valence-electron chi connectivity index (χ3n) is 5.46. The van der Waals surface area contributed by atoms with E-state index in [4.69, 9.17) is 4.74 Å². The minimum Gasteiger partial charge on any atom is -0.378 e. The monoisotopic (exact) mass is 431 g/mol. The number of benzene rings is 2. The number of hydrogen-bond donors (Lipinski definition) is 0. The third kappa shape index (κ3) is 3.69. The van der Waals surface area contributed by atoms with Gasteiger partial charge in [-0.2, -0.15) is 4.31 Å². The normalized spacial score (nSPS) is 19.9. The second-order valence-electron chi connectivity index (χ2n) is 7.20. The molecule has 2 aliphatic rings. The molecule has 1 saturated heterocycles. The van der Waals surface area contributed by atoms with E-state index in [0.717, 1.165) is 21.5 Å². The molecule has 0 unspecified atom stereocenters. The van der Waals surface area contributed by atoms with Gasteiger partial charge < -0.3 is 9.64 Å². The number of nitro groups is 1. The topological polar surface area (TPSA) is 110 Å². The first-order valence-corrected chi connectivity index (χ1v) is 11.0. The van der Waals surface area contributed by atoms with Gasteiger partial charge in [0.15, 0.2) is 4.90 Å². The minimum atomic E-state index is -4.30. The summed E-state index contributed by atoms with van der Waals surface area (Å²) < 4.78 is 33.5. The molecular formula is C20H21N3O6S. The number of rotatable bonds is 4. The van der Waals surface area contributed by atoms with E-state index in [9.17, 15) is 23.3 Å². The van der Waals surface area contributed by atoms with Gasteiger partial charge in [0, 0.05) is 25.7 Å². The van der Waals surface area contributed by atoms with E-state index in [2.05, 4.69) is 0 Å². The first-order valence-electron chi connectivity index (χ1n) is 9.58. The van der Waals surface area contributed by atoms with Crippen LogP contribution in [0.25, 0.3) is 0 Å². The molecule has 4 rings (SSSR count). The number of fused-ring (bicyclic) bond motifs is 1. The Morgan fingerprint density at radius 3 is 2.37 bits per heavy atom. The maximum absolute atomic E-state index is 13.5. The van der Waals surface area contributed by atoms with Gasteiger partial charge >= 0.3 is 0 Å². The number of nitro benzene ring substituents is 1. The van der Waals surface area contributed by atoms with E-state index in [1.807, 2.05) is 18.2 Å². The fourth-order valence-corrected chi connectivity index (χ4v) is 5.63. The van der Waals surface area contributed by atoms with Crippen LogP contribution in [0.1, 0.15) is 11.1 Å². The first kappa shape index (κ1) is 20.5. The van der Waals surface area contributed by atoms with Gasteiger partial charge in [0.25, 0.3) is 15.7 Å². The predicted octanol–water partition coefficient (Wildman–Crippen LogP) is 1.57. The lowest BCUT2D eigenvalue weighted by molar-refractivity contribution is -0.387. The van der Waals surface area contributed by atoms with Crippen LogP contribution < -0.4 is 0 Å². The molecule has 10 heteroatoms. The number of nitrogens with zero attached hydrogens (tertiary/aromatic N) is 3. The molecular weight excluding hydrogens is 410 g/mol. The Morgan fingerprint density at radius 2 is 1.67 bits per heavy atom. The highest BCUT2D eigenvalue weighted by Gasteiger charge is 2.43. The smallest absolute Gasteiger partial charge is 0.289 e. The average molecular weight is 431 g/mol. The van der Waals surface area contributed by atoms with Crippen LogP contribution >= 0.6 is 0 Å². The van der Waals surface area contributed by atoms with Crippen LogP contribution in [-0.4, -0.2) is 60.8 Å². The van der Waals surface area contributed by atoms with Gasteiger partial charge in [-0.25, -0.2) is 8.42 Å². The first-order chi connectivity index (χ1) is 14.4. The van der Waals surface area contributed by atoms with Gasteiger partial charge in [-0.15, -0.1) is 0 Å². The molecule has 0 saturated carbocycles. The second-order valence-corrected chi connectivity index (χ2v) is 9.06. The molecule has 0 radical (unpaired) electrons. The molecule has 1 fully saturated rings. The maximum Gasteiger partial charge on any atom is 0.289 e. The highest BCUT2D eigenvalue weighted by molar-refractivity contribution is 7.89. The molecule has 0 aromatic heterocycles. The van der Waals surface area contributed by atoms with Crippen molar-refractivity contribution in [2.75, 3.05) is 26.3 Å². The van der Waals surface area contributed by atoms with E-state index in [1.54, 1.807) is 11.0 Å². The molecule has 30 heavy (non-hydrogen) atoms. The number of ether oxygens (including phenoxy) is 1. The summed E-state index contributed by atoms with van der Waals surface area (Å²) in [5.41, 5.74) is 1.18. The summed E-state index contributed by atoms with van der Waals surface area (Å²) in [6.07, 6.45) is 0.215. The molecule has 9 nitrogen and oxygen atoms in total. The van der Waals surface area contributed by atoms with Crippen LogP contribution in [0.4, 0.5) is 5.69 Å². The Morgan fingerprint density at radius 1 is 1.03 bits per heavy atom. The lowest BCUT2D eigenvalue weighted by Crippen LogP contribution is -2.55. The van der Waals surface area contributed by atoms with E-state index in [-0.39, 0.29) is 18.9 Å². The molecule has 158 valence electrons. The maximum atomic E-state index is 13.5. The molecule has 2 heterocycles. The summed E-state index contributed by atoms with van der Waals surface area (Å²) in [4.78, 5) is 25.2. The highest BCUT2D eigenvalue weighted by Crippen LogP contribution is 2.33. The number of para-hydroxylation sites is 1. The van der Waals surface area contributed by atoms with Crippen LogP contribution in [0.2, 0.25) is 0 Å². The Kier molecular flexibility index (Phi) is 5.54. The van der Waals surface area contributed by atoms with Crippen molar-refractivity contribution < 1.29 is 22.9 Å². The molecule has 1 amide bonds. The summed E-state index contributed by atoms with van der Waals surface area (Å²) in [5.74, 6) is -0.310. The molecule has 0 bridgehead atoms. The molecule has 2 aromatic rings. The Hall–Kier alpha value is -2.82. The number of morpholine rings is 1. The molecule has 0 aliphatic carbocycles. The molecule has 0 N–H and O–H groups in total. The van der Waals surface area contributed by atoms with Crippen LogP contribution in [-0.2, 0) is 32.5 Å². The van der Waals surface area contributed by atoms with Crippen LogP contribution in [0.5, 0.6) is 0 Å². The van der Waals surface area contributed by atoms with E-state index in [1.165, 1.54) is 18.2 Å². The number of hydrogen-bond acceptors (Lipinski definition) is 6. The lowest BCUT2D eigenvalue weighted by Gasteiger charge is -2.38. The van der Waals surface area contributed by atoms with Crippen LogP contribution in [0, 0.1) is 10.1 Å². The van der Waals surface area contributed by atoms with E-state index in [0.29, 0.717) is 26.3 Å². The zero-order chi connectivity index (χ0) is 21.3. The second kappa shape index (κ2) is 8.13. The summed E-state index contributed by atoms with van der Waals surface area (Å²) in [6, 6.07) is 11.6. The molecule has 2 aromatic carbocycles. The summed E-state index contributed by atoms with van der Waals surface area (Å²) >= 11 is 0. The number of carbonyl (C=O) groups is 1. The largest absolute Gasteiger partial charge is 0.378 e. The third-order valence-corrected chi connectivity index (χ3v) is 7.36. The van der Waals surface area contributed by atoms with Crippen molar-refractivity contribution in [2.24, 2.45) is 0 Å². The van der Waals surface area contributed by atoms with Crippen LogP contribution in [0.3, 0.4) is 0 Å². The number of carbonyl (C=O) groups excluding carboxylic acids is 1. The van der Waals surface area contributed by atoms with Crippen molar-refractivity contribution in [1.82, 2.24) is 9.21 Å². The average Bonchev–Trinajstić information content (AvgIpc) is 2.78. The number of sulfonamides is 1. The van der Waals surface area contributed by atoms with E-state index < -0.39 is 31.6 Å². The van der Waals surface area contributed by atoms with E-state index >= 15 is 0 Å². The van der Waals surface area contributed by atoms with Crippen molar-refractivity contribution >= 4 is 21.6 Å².